The first-order chi connectivity index (χ1) is 13.1. The molecule has 4 rings (SSSR count). The zero-order valence-electron chi connectivity index (χ0n) is 15.3. The first-order valence-corrected chi connectivity index (χ1v) is 9.59. The van der Waals surface area contributed by atoms with Crippen LogP contribution in [0.4, 0.5) is 5.69 Å². The predicted octanol–water partition coefficient (Wildman–Crippen LogP) is 2.23. The van der Waals surface area contributed by atoms with E-state index in [0.29, 0.717) is 11.0 Å². The number of aromatic amines is 1. The van der Waals surface area contributed by atoms with Gasteiger partial charge in [0.1, 0.15) is 5.69 Å². The maximum absolute atomic E-state index is 11.5. The average Bonchev–Trinajstić information content (AvgIpc) is 2.68. The highest BCUT2D eigenvalue weighted by atomic mass is 32.2. The molecule has 8 heteroatoms. The lowest BCUT2D eigenvalue weighted by Crippen LogP contribution is -2.44. The number of aromatic nitrogens is 3. The zero-order valence-corrected chi connectivity index (χ0v) is 16.1. The summed E-state index contributed by atoms with van der Waals surface area (Å²) >= 11 is 1.44. The van der Waals surface area contributed by atoms with Crippen LogP contribution in [0, 0.1) is 0 Å². The van der Waals surface area contributed by atoms with Gasteiger partial charge in [-0.3, -0.25) is 4.79 Å². The minimum absolute atomic E-state index is 0.112. The number of ether oxygens (including phenoxy) is 1. The van der Waals surface area contributed by atoms with Crippen LogP contribution in [-0.2, 0) is 0 Å². The fraction of sp³-hybridized carbons (Fsp3) is 0.316. The van der Waals surface area contributed by atoms with Crippen LogP contribution < -0.4 is 15.2 Å². The third kappa shape index (κ3) is 3.91. The maximum atomic E-state index is 11.5. The van der Waals surface area contributed by atoms with Gasteiger partial charge in [0.15, 0.2) is 5.16 Å². The summed E-state index contributed by atoms with van der Waals surface area (Å²) in [5.41, 5.74) is 1.62. The highest BCUT2D eigenvalue weighted by molar-refractivity contribution is 7.99. The van der Waals surface area contributed by atoms with Crippen molar-refractivity contribution in [3.8, 4) is 5.88 Å². The number of methoxy groups -OCH3 is 1. The van der Waals surface area contributed by atoms with Gasteiger partial charge in [0.25, 0.3) is 0 Å². The highest BCUT2D eigenvalue weighted by Crippen LogP contribution is 2.32. The van der Waals surface area contributed by atoms with E-state index < -0.39 is 0 Å². The number of pyridine rings is 1. The molecule has 0 radical (unpaired) electrons. The number of rotatable bonds is 4. The molecule has 0 aliphatic carbocycles. The van der Waals surface area contributed by atoms with Gasteiger partial charge in [-0.25, -0.2) is 4.98 Å². The second-order valence-electron chi connectivity index (χ2n) is 6.51. The third-order valence-corrected chi connectivity index (χ3v) is 5.53. The molecule has 0 saturated carbocycles. The Morgan fingerprint density at radius 2 is 1.93 bits per heavy atom. The first-order valence-electron chi connectivity index (χ1n) is 8.78. The van der Waals surface area contributed by atoms with Crippen LogP contribution in [0.15, 0.2) is 51.4 Å². The molecular weight excluding hydrogens is 362 g/mol. The standard InChI is InChI=1S/C19H21N5O2S/c1-23-7-9-24(10-8-23)16-12-20-19(22-18(16)26-2)27-14-5-3-13-4-6-17(25)21-15(13)11-14/h3-6,11-12H,7-10H2,1-2H3,(H,21,25). The van der Waals surface area contributed by atoms with Crippen LogP contribution >= 0.6 is 11.8 Å². The number of hydrogen-bond donors (Lipinski definition) is 1. The van der Waals surface area contributed by atoms with E-state index in [2.05, 4.69) is 31.8 Å². The fourth-order valence-corrected chi connectivity index (χ4v) is 3.86. The van der Waals surface area contributed by atoms with Gasteiger partial charge in [0.05, 0.1) is 13.3 Å². The molecule has 1 aliphatic heterocycles. The van der Waals surface area contributed by atoms with Crippen LogP contribution in [0.3, 0.4) is 0 Å². The molecule has 3 aromatic rings. The number of likely N-dealkylation sites (N-methyl/N-ethyl adjacent to an activating group) is 1. The molecule has 1 N–H and O–H groups in total. The van der Waals surface area contributed by atoms with E-state index in [-0.39, 0.29) is 5.56 Å². The second-order valence-corrected chi connectivity index (χ2v) is 7.55. The molecule has 7 nitrogen and oxygen atoms in total. The Bertz CT molecular complexity index is 1010. The minimum atomic E-state index is -0.112. The molecule has 27 heavy (non-hydrogen) atoms. The van der Waals surface area contributed by atoms with Crippen molar-refractivity contribution < 1.29 is 4.74 Å². The van der Waals surface area contributed by atoms with Crippen molar-refractivity contribution >= 4 is 28.4 Å². The van der Waals surface area contributed by atoms with Gasteiger partial charge in [-0.05, 0) is 42.4 Å². The molecule has 1 saturated heterocycles. The maximum Gasteiger partial charge on any atom is 0.248 e. The number of hydrogen-bond acceptors (Lipinski definition) is 7. The largest absolute Gasteiger partial charge is 0.479 e. The topological polar surface area (TPSA) is 74.3 Å². The zero-order chi connectivity index (χ0) is 18.8. The van der Waals surface area contributed by atoms with Crippen molar-refractivity contribution in [2.24, 2.45) is 0 Å². The summed E-state index contributed by atoms with van der Waals surface area (Å²) < 4.78 is 5.52. The van der Waals surface area contributed by atoms with E-state index in [9.17, 15) is 4.79 Å². The molecule has 140 valence electrons. The number of nitrogens with zero attached hydrogens (tertiary/aromatic N) is 4. The molecule has 2 aromatic heterocycles. The molecule has 1 fully saturated rings. The molecule has 0 amide bonds. The van der Waals surface area contributed by atoms with E-state index >= 15 is 0 Å². The van der Waals surface area contributed by atoms with Crippen LogP contribution in [0.2, 0.25) is 0 Å². The predicted molar refractivity (Wildman–Crippen MR) is 107 cm³/mol. The lowest BCUT2D eigenvalue weighted by molar-refractivity contribution is 0.310. The summed E-state index contributed by atoms with van der Waals surface area (Å²) in [6.07, 6.45) is 1.84. The van der Waals surface area contributed by atoms with Crippen LogP contribution in [0.5, 0.6) is 5.88 Å². The summed E-state index contributed by atoms with van der Waals surface area (Å²) in [5, 5.41) is 1.60. The Labute approximate surface area is 161 Å². The molecule has 0 spiro atoms. The van der Waals surface area contributed by atoms with Crippen molar-refractivity contribution in [1.29, 1.82) is 0 Å². The van der Waals surface area contributed by atoms with Crippen molar-refractivity contribution in [2.75, 3.05) is 45.2 Å². The van der Waals surface area contributed by atoms with Crippen molar-refractivity contribution in [3.05, 3.63) is 46.9 Å². The second kappa shape index (κ2) is 7.58. The number of fused-ring (bicyclic) bond motifs is 1. The van der Waals surface area contributed by atoms with E-state index in [0.717, 1.165) is 47.7 Å². The molecular formula is C19H21N5O2S. The smallest absolute Gasteiger partial charge is 0.248 e. The highest BCUT2D eigenvalue weighted by Gasteiger charge is 2.19. The lowest BCUT2D eigenvalue weighted by atomic mass is 10.2. The summed E-state index contributed by atoms with van der Waals surface area (Å²) in [6.45, 7) is 3.88. The van der Waals surface area contributed by atoms with Gasteiger partial charge in [-0.1, -0.05) is 6.07 Å². The van der Waals surface area contributed by atoms with E-state index in [1.54, 1.807) is 7.11 Å². The lowest BCUT2D eigenvalue weighted by Gasteiger charge is -2.34. The number of H-pyrrole nitrogens is 1. The van der Waals surface area contributed by atoms with Crippen LogP contribution in [-0.4, -0.2) is 60.2 Å². The molecule has 3 heterocycles. The molecule has 0 bridgehead atoms. The Hall–Kier alpha value is -2.58. The summed E-state index contributed by atoms with van der Waals surface area (Å²) in [6, 6.07) is 9.25. The third-order valence-electron chi connectivity index (χ3n) is 4.66. The Morgan fingerprint density at radius 1 is 1.15 bits per heavy atom. The van der Waals surface area contributed by atoms with Gasteiger partial charge in [-0.2, -0.15) is 4.98 Å². The van der Waals surface area contributed by atoms with Gasteiger partial charge < -0.3 is 19.5 Å². The molecule has 0 atom stereocenters. The Morgan fingerprint density at radius 3 is 2.70 bits per heavy atom. The monoisotopic (exact) mass is 383 g/mol. The van der Waals surface area contributed by atoms with Crippen molar-refractivity contribution in [3.63, 3.8) is 0 Å². The molecule has 0 unspecified atom stereocenters. The van der Waals surface area contributed by atoms with Gasteiger partial charge in [0, 0.05) is 42.7 Å². The van der Waals surface area contributed by atoms with Crippen molar-refractivity contribution in [1.82, 2.24) is 19.9 Å². The normalized spacial score (nSPS) is 15.3. The van der Waals surface area contributed by atoms with E-state index in [4.69, 9.17) is 4.74 Å². The average molecular weight is 383 g/mol. The number of benzene rings is 1. The van der Waals surface area contributed by atoms with Crippen LogP contribution in [0.1, 0.15) is 0 Å². The van der Waals surface area contributed by atoms with Crippen LogP contribution in [0.25, 0.3) is 10.9 Å². The van der Waals surface area contributed by atoms with E-state index in [1.807, 2.05) is 30.5 Å². The van der Waals surface area contributed by atoms with Gasteiger partial charge in [-0.15, -0.1) is 0 Å². The van der Waals surface area contributed by atoms with Crippen molar-refractivity contribution in [2.45, 2.75) is 10.1 Å². The number of piperazine rings is 1. The molecule has 1 aliphatic rings. The SMILES string of the molecule is COc1nc(Sc2ccc3ccc(=O)[nH]c3c2)ncc1N1CCN(C)CC1. The summed E-state index contributed by atoms with van der Waals surface area (Å²) in [7, 11) is 3.76. The van der Waals surface area contributed by atoms with Gasteiger partial charge in [0.2, 0.25) is 11.4 Å². The number of anilines is 1. The quantitative estimate of drug-likeness (QED) is 0.693. The minimum Gasteiger partial charge on any atom is -0.479 e. The fourth-order valence-electron chi connectivity index (χ4n) is 3.11. The Kier molecular flexibility index (Phi) is 5.00. The molecule has 1 aromatic carbocycles. The first kappa shape index (κ1) is 17.8. The Balaban J connectivity index is 1.58. The van der Waals surface area contributed by atoms with E-state index in [1.165, 1.54) is 17.8 Å². The summed E-state index contributed by atoms with van der Waals surface area (Å²) in [5.74, 6) is 0.589. The van der Waals surface area contributed by atoms with Gasteiger partial charge >= 0.3 is 0 Å². The number of nitrogens with one attached hydrogen (secondary N) is 1. The summed E-state index contributed by atoms with van der Waals surface area (Å²) in [4.78, 5) is 29.0.